The Hall–Kier alpha value is -1.43. The van der Waals surface area contributed by atoms with Gasteiger partial charge in [0.2, 0.25) is 5.91 Å². The largest absolute Gasteiger partial charge is 0.469 e. The first kappa shape index (κ1) is 12.6. The summed E-state index contributed by atoms with van der Waals surface area (Å²) in [7, 11) is 1.29. The van der Waals surface area contributed by atoms with Crippen LogP contribution in [-0.4, -0.2) is 24.0 Å². The van der Waals surface area contributed by atoms with Crippen LogP contribution in [0.3, 0.4) is 0 Å². The highest BCUT2D eigenvalue weighted by molar-refractivity contribution is 9.10. The van der Waals surface area contributed by atoms with E-state index in [2.05, 4.69) is 31.0 Å². The zero-order valence-electron chi connectivity index (χ0n) is 8.70. The number of hydrogen-bond donors (Lipinski definition) is 1. The van der Waals surface area contributed by atoms with Gasteiger partial charge in [0, 0.05) is 17.1 Å². The van der Waals surface area contributed by atoms with Crippen LogP contribution in [0.2, 0.25) is 0 Å². The second-order valence-electron chi connectivity index (χ2n) is 2.98. The van der Waals surface area contributed by atoms with Crippen molar-refractivity contribution in [2.45, 2.75) is 12.8 Å². The molecule has 0 bridgehead atoms. The maximum atomic E-state index is 11.4. The fourth-order valence-corrected chi connectivity index (χ4v) is 1.33. The number of pyridine rings is 1. The number of halogens is 1. The van der Waals surface area contributed by atoms with E-state index in [0.717, 1.165) is 4.47 Å². The number of carbonyl (C=O) groups is 2. The molecule has 1 N–H and O–H groups in total. The third kappa shape index (κ3) is 4.39. The molecule has 0 spiro atoms. The number of nitrogens with one attached hydrogen (secondary N) is 1. The number of amides is 1. The first-order valence-corrected chi connectivity index (χ1v) is 5.39. The van der Waals surface area contributed by atoms with E-state index in [0.29, 0.717) is 5.82 Å². The van der Waals surface area contributed by atoms with Crippen molar-refractivity contribution in [2.75, 3.05) is 12.4 Å². The van der Waals surface area contributed by atoms with Gasteiger partial charge in [-0.05, 0) is 12.1 Å². The molecule has 0 saturated carbocycles. The van der Waals surface area contributed by atoms with Gasteiger partial charge in [-0.25, -0.2) is 4.98 Å². The molecule has 1 aromatic heterocycles. The summed E-state index contributed by atoms with van der Waals surface area (Å²) < 4.78 is 5.25. The van der Waals surface area contributed by atoms with Gasteiger partial charge in [-0.1, -0.05) is 15.9 Å². The maximum absolute atomic E-state index is 11.4. The van der Waals surface area contributed by atoms with Gasteiger partial charge in [0.05, 0.1) is 13.5 Å². The van der Waals surface area contributed by atoms with E-state index in [1.54, 1.807) is 18.3 Å². The summed E-state index contributed by atoms with van der Waals surface area (Å²) in [6, 6.07) is 3.43. The molecule has 6 heteroatoms. The van der Waals surface area contributed by atoms with Crippen LogP contribution in [0.1, 0.15) is 12.8 Å². The third-order valence-corrected chi connectivity index (χ3v) is 2.27. The van der Waals surface area contributed by atoms with Gasteiger partial charge < -0.3 is 10.1 Å². The minimum atomic E-state index is -0.405. The molecule has 0 saturated heterocycles. The van der Waals surface area contributed by atoms with E-state index in [9.17, 15) is 9.59 Å². The van der Waals surface area contributed by atoms with E-state index < -0.39 is 5.97 Å². The zero-order chi connectivity index (χ0) is 12.0. The topological polar surface area (TPSA) is 68.3 Å². The molecule has 86 valence electrons. The minimum absolute atomic E-state index is 0.0658. The highest BCUT2D eigenvalue weighted by Gasteiger charge is 2.07. The standard InChI is InChI=1S/C10H11BrN2O3/c1-16-10(15)3-2-9(14)13-8-6-7(11)4-5-12-8/h4-6H,2-3H2,1H3,(H,12,13,14). The van der Waals surface area contributed by atoms with Gasteiger partial charge in [-0.2, -0.15) is 0 Å². The number of nitrogens with zero attached hydrogens (tertiary/aromatic N) is 1. The molecule has 0 aromatic carbocycles. The number of hydrogen-bond acceptors (Lipinski definition) is 4. The molecule has 1 rings (SSSR count). The van der Waals surface area contributed by atoms with Gasteiger partial charge in [0.25, 0.3) is 0 Å². The van der Waals surface area contributed by atoms with E-state index in [4.69, 9.17) is 0 Å². The van der Waals surface area contributed by atoms with Crippen molar-refractivity contribution in [3.05, 3.63) is 22.8 Å². The number of aromatic nitrogens is 1. The number of methoxy groups -OCH3 is 1. The van der Waals surface area contributed by atoms with Crippen LogP contribution in [0, 0.1) is 0 Å². The molecule has 1 heterocycles. The lowest BCUT2D eigenvalue weighted by molar-refractivity contribution is -0.141. The Morgan fingerprint density at radius 1 is 1.50 bits per heavy atom. The van der Waals surface area contributed by atoms with Crippen LogP contribution >= 0.6 is 15.9 Å². The summed E-state index contributed by atoms with van der Waals surface area (Å²) in [6.45, 7) is 0. The molecular weight excluding hydrogens is 276 g/mol. The zero-order valence-corrected chi connectivity index (χ0v) is 10.3. The average Bonchev–Trinajstić information content (AvgIpc) is 2.26. The van der Waals surface area contributed by atoms with Crippen molar-refractivity contribution in [1.82, 2.24) is 4.98 Å². The Kier molecular flexibility index (Phi) is 4.91. The Bertz CT molecular complexity index is 395. The molecule has 0 aliphatic rings. The molecule has 0 atom stereocenters. The summed E-state index contributed by atoms with van der Waals surface area (Å²) in [4.78, 5) is 26.1. The van der Waals surface area contributed by atoms with Gasteiger partial charge in [-0.15, -0.1) is 0 Å². The van der Waals surface area contributed by atoms with Crippen molar-refractivity contribution in [3.63, 3.8) is 0 Å². The Morgan fingerprint density at radius 3 is 2.88 bits per heavy atom. The Balaban J connectivity index is 2.43. The predicted molar refractivity (Wildman–Crippen MR) is 61.8 cm³/mol. The Labute approximate surface area is 101 Å². The lowest BCUT2D eigenvalue weighted by atomic mass is 10.3. The lowest BCUT2D eigenvalue weighted by Crippen LogP contribution is -2.14. The van der Waals surface area contributed by atoms with Crippen molar-refractivity contribution < 1.29 is 14.3 Å². The van der Waals surface area contributed by atoms with Crippen LogP contribution in [-0.2, 0) is 14.3 Å². The summed E-state index contributed by atoms with van der Waals surface area (Å²) in [5.41, 5.74) is 0. The predicted octanol–water partition coefficient (Wildman–Crippen LogP) is 1.74. The number of ether oxygens (including phenoxy) is 1. The molecule has 0 unspecified atom stereocenters. The minimum Gasteiger partial charge on any atom is -0.469 e. The van der Waals surface area contributed by atoms with E-state index in [-0.39, 0.29) is 18.7 Å². The van der Waals surface area contributed by atoms with Crippen LogP contribution < -0.4 is 5.32 Å². The molecule has 5 nitrogen and oxygen atoms in total. The summed E-state index contributed by atoms with van der Waals surface area (Å²) >= 11 is 3.26. The molecule has 0 fully saturated rings. The fourth-order valence-electron chi connectivity index (χ4n) is 0.996. The molecule has 0 aliphatic heterocycles. The lowest BCUT2D eigenvalue weighted by Gasteiger charge is -2.03. The van der Waals surface area contributed by atoms with Crippen LogP contribution in [0.15, 0.2) is 22.8 Å². The number of carbonyl (C=O) groups excluding carboxylic acids is 2. The van der Waals surface area contributed by atoms with Gasteiger partial charge in [0.1, 0.15) is 5.82 Å². The Morgan fingerprint density at radius 2 is 2.25 bits per heavy atom. The monoisotopic (exact) mass is 286 g/mol. The average molecular weight is 287 g/mol. The van der Waals surface area contributed by atoms with E-state index in [1.165, 1.54) is 7.11 Å². The number of rotatable bonds is 4. The summed E-state index contributed by atoms with van der Waals surface area (Å²) in [5.74, 6) is -0.224. The van der Waals surface area contributed by atoms with Gasteiger partial charge in [-0.3, -0.25) is 9.59 Å². The first-order valence-electron chi connectivity index (χ1n) is 4.60. The van der Waals surface area contributed by atoms with E-state index in [1.807, 2.05) is 0 Å². The fraction of sp³-hybridized carbons (Fsp3) is 0.300. The van der Waals surface area contributed by atoms with Gasteiger partial charge >= 0.3 is 5.97 Å². The molecule has 16 heavy (non-hydrogen) atoms. The number of esters is 1. The van der Waals surface area contributed by atoms with Crippen molar-refractivity contribution >= 4 is 33.6 Å². The summed E-state index contributed by atoms with van der Waals surface area (Å²) in [6.07, 6.45) is 1.72. The van der Waals surface area contributed by atoms with E-state index >= 15 is 0 Å². The van der Waals surface area contributed by atoms with Crippen LogP contribution in [0.5, 0.6) is 0 Å². The second kappa shape index (κ2) is 6.22. The normalized spacial score (nSPS) is 9.62. The maximum Gasteiger partial charge on any atom is 0.306 e. The third-order valence-electron chi connectivity index (χ3n) is 1.77. The molecular formula is C10H11BrN2O3. The molecule has 0 radical (unpaired) electrons. The first-order chi connectivity index (χ1) is 7.61. The van der Waals surface area contributed by atoms with Crippen LogP contribution in [0.25, 0.3) is 0 Å². The smallest absolute Gasteiger partial charge is 0.306 e. The van der Waals surface area contributed by atoms with Crippen molar-refractivity contribution in [1.29, 1.82) is 0 Å². The summed E-state index contributed by atoms with van der Waals surface area (Å²) in [5, 5.41) is 2.57. The molecule has 1 aromatic rings. The number of anilines is 1. The van der Waals surface area contributed by atoms with Crippen molar-refractivity contribution in [3.8, 4) is 0 Å². The highest BCUT2D eigenvalue weighted by atomic mass is 79.9. The SMILES string of the molecule is COC(=O)CCC(=O)Nc1cc(Br)ccn1. The van der Waals surface area contributed by atoms with Crippen LogP contribution in [0.4, 0.5) is 5.82 Å². The second-order valence-corrected chi connectivity index (χ2v) is 3.90. The quantitative estimate of drug-likeness (QED) is 0.856. The van der Waals surface area contributed by atoms with Crippen molar-refractivity contribution in [2.24, 2.45) is 0 Å². The molecule has 1 amide bonds. The molecule has 0 aliphatic carbocycles. The van der Waals surface area contributed by atoms with Gasteiger partial charge in [0.15, 0.2) is 0 Å². The highest BCUT2D eigenvalue weighted by Crippen LogP contribution is 2.12.